The number of carboxylic acids is 1. The van der Waals surface area contributed by atoms with Crippen LogP contribution in [0.3, 0.4) is 0 Å². The number of sulfonamides is 1. The third-order valence-electron chi connectivity index (χ3n) is 18.0. The standard InChI is InChI=1S/C45H67N3O4S/c1-28(2)33-14-19-45(46-22-23-47-26-32-25-31(47)27-48(32)53(9,51)52)21-20-43(7)36(39(33)45)12-13-38-42(6)17-15-35(30-10-11-34(40(49)50)29(3)24-30)41(4,5)37(42)16-18-44(38,43)8/h10-11,15,24,31-33,36-39,46H,1,12-14,16-23,25-27H2,2-9H3,(H,49,50)/t31-,32-,33-,36+,37-,38+,39+,42-,43+,44+,45-/m0/s1. The number of nitrogens with zero attached hydrogens (tertiary/aromatic N) is 2. The van der Waals surface area contributed by atoms with Crippen LogP contribution >= 0.6 is 0 Å². The Bertz CT molecular complexity index is 1840. The van der Waals surface area contributed by atoms with Crippen LogP contribution in [0, 0.1) is 58.2 Å². The highest BCUT2D eigenvalue weighted by Gasteiger charge is 2.70. The van der Waals surface area contributed by atoms with E-state index < -0.39 is 16.0 Å². The van der Waals surface area contributed by atoms with Crippen molar-refractivity contribution in [1.29, 1.82) is 0 Å². The summed E-state index contributed by atoms with van der Waals surface area (Å²) in [6.07, 6.45) is 16.1. The molecule has 0 spiro atoms. The van der Waals surface area contributed by atoms with Gasteiger partial charge in [0, 0.05) is 43.8 Å². The Morgan fingerprint density at radius 1 is 0.962 bits per heavy atom. The summed E-state index contributed by atoms with van der Waals surface area (Å²) < 4.78 is 26.3. The van der Waals surface area contributed by atoms with E-state index in [0.717, 1.165) is 38.0 Å². The van der Waals surface area contributed by atoms with Gasteiger partial charge in [0.05, 0.1) is 11.8 Å². The van der Waals surface area contributed by atoms with Crippen LogP contribution in [-0.4, -0.2) is 78.8 Å². The highest BCUT2D eigenvalue weighted by Crippen LogP contribution is 2.76. The number of rotatable bonds is 8. The zero-order valence-corrected chi connectivity index (χ0v) is 34.7. The van der Waals surface area contributed by atoms with E-state index in [2.05, 4.69) is 76.5 Å². The van der Waals surface area contributed by atoms with Crippen LogP contribution in [0.25, 0.3) is 5.57 Å². The van der Waals surface area contributed by atoms with Crippen molar-refractivity contribution < 1.29 is 18.3 Å². The Morgan fingerprint density at radius 3 is 2.36 bits per heavy atom. The maximum absolute atomic E-state index is 12.3. The zero-order valence-electron chi connectivity index (χ0n) is 33.9. The molecule has 0 amide bonds. The Morgan fingerprint density at radius 2 is 1.72 bits per heavy atom. The topological polar surface area (TPSA) is 90.0 Å². The Labute approximate surface area is 320 Å². The molecule has 7 aliphatic rings. The molecule has 0 radical (unpaired) electrons. The fourth-order valence-corrected chi connectivity index (χ4v) is 16.6. The van der Waals surface area contributed by atoms with Gasteiger partial charge >= 0.3 is 5.97 Å². The van der Waals surface area contributed by atoms with Crippen molar-refractivity contribution in [1.82, 2.24) is 14.5 Å². The molecule has 1 aromatic carbocycles. The zero-order chi connectivity index (χ0) is 38.1. The van der Waals surface area contributed by atoms with Crippen LogP contribution < -0.4 is 5.32 Å². The highest BCUT2D eigenvalue weighted by atomic mass is 32.2. The molecule has 4 saturated carbocycles. The number of likely N-dealkylation sites (tertiary alicyclic amines) is 1. The number of aryl methyl sites for hydroxylation is 1. The fourth-order valence-electron chi connectivity index (χ4n) is 15.5. The summed E-state index contributed by atoms with van der Waals surface area (Å²) in [4.78, 5) is 14.4. The van der Waals surface area contributed by atoms with Crippen LogP contribution in [0.2, 0.25) is 0 Å². The molecule has 1 aromatic rings. The second kappa shape index (κ2) is 12.5. The molecular formula is C45H67N3O4S. The third-order valence-corrected chi connectivity index (χ3v) is 19.3. The summed E-state index contributed by atoms with van der Waals surface area (Å²) in [5.41, 5.74) is 6.16. The average Bonchev–Trinajstić information content (AvgIpc) is 3.78. The van der Waals surface area contributed by atoms with Crippen molar-refractivity contribution in [3.05, 3.63) is 53.1 Å². The Balaban J connectivity index is 1.03. The number of allylic oxidation sites excluding steroid dienone is 3. The van der Waals surface area contributed by atoms with E-state index in [1.54, 1.807) is 10.4 Å². The summed E-state index contributed by atoms with van der Waals surface area (Å²) in [6.45, 7) is 25.4. The van der Waals surface area contributed by atoms with Gasteiger partial charge in [-0.15, -0.1) is 0 Å². The summed E-state index contributed by atoms with van der Waals surface area (Å²) in [7, 11) is -3.12. The van der Waals surface area contributed by atoms with E-state index in [0.29, 0.717) is 47.7 Å². The summed E-state index contributed by atoms with van der Waals surface area (Å²) in [6, 6.07) is 6.48. The van der Waals surface area contributed by atoms with Crippen LogP contribution in [-0.2, 0) is 10.0 Å². The normalized spacial score (nSPS) is 43.4. The van der Waals surface area contributed by atoms with Crippen molar-refractivity contribution in [2.75, 3.05) is 32.4 Å². The predicted molar refractivity (Wildman–Crippen MR) is 214 cm³/mol. The lowest BCUT2D eigenvalue weighted by Crippen LogP contribution is -2.68. The molecule has 6 fully saturated rings. The molecule has 2 saturated heterocycles. The average molecular weight is 746 g/mol. The van der Waals surface area contributed by atoms with E-state index in [9.17, 15) is 18.3 Å². The van der Waals surface area contributed by atoms with Crippen molar-refractivity contribution in [3.63, 3.8) is 0 Å². The van der Waals surface area contributed by atoms with E-state index in [1.807, 2.05) is 6.92 Å². The quantitative estimate of drug-likeness (QED) is 0.260. The number of hydrogen-bond acceptors (Lipinski definition) is 5. The minimum absolute atomic E-state index is 0.00330. The number of hydrogen-bond donors (Lipinski definition) is 2. The number of fused-ring (bicyclic) bond motifs is 9. The van der Waals surface area contributed by atoms with Crippen LogP contribution in [0.1, 0.15) is 127 Å². The van der Waals surface area contributed by atoms with Gasteiger partial charge in [0.25, 0.3) is 0 Å². The summed E-state index contributed by atoms with van der Waals surface area (Å²) >= 11 is 0. The van der Waals surface area contributed by atoms with Gasteiger partial charge in [-0.25, -0.2) is 13.2 Å². The minimum atomic E-state index is -3.12. The van der Waals surface area contributed by atoms with Crippen molar-refractivity contribution in [2.45, 2.75) is 130 Å². The summed E-state index contributed by atoms with van der Waals surface area (Å²) in [5, 5.41) is 14.0. The maximum atomic E-state index is 12.3. The molecule has 2 N–H and O–H groups in total. The molecule has 8 rings (SSSR count). The molecule has 2 bridgehead atoms. The van der Waals surface area contributed by atoms with Gasteiger partial charge in [-0.1, -0.05) is 65.0 Å². The van der Waals surface area contributed by atoms with Crippen molar-refractivity contribution >= 4 is 21.6 Å². The van der Waals surface area contributed by atoms with E-state index in [4.69, 9.17) is 0 Å². The first-order chi connectivity index (χ1) is 24.8. The van der Waals surface area contributed by atoms with E-state index >= 15 is 0 Å². The molecular weight excluding hydrogens is 679 g/mol. The van der Waals surface area contributed by atoms with Gasteiger partial charge < -0.3 is 10.4 Å². The third kappa shape index (κ3) is 5.48. The molecule has 5 aliphatic carbocycles. The minimum Gasteiger partial charge on any atom is -0.478 e. The van der Waals surface area contributed by atoms with Crippen LogP contribution in [0.5, 0.6) is 0 Å². The lowest BCUT2D eigenvalue weighted by atomic mass is 9.33. The number of benzene rings is 1. The highest BCUT2D eigenvalue weighted by molar-refractivity contribution is 7.88. The van der Waals surface area contributed by atoms with Crippen LogP contribution in [0.15, 0.2) is 36.4 Å². The monoisotopic (exact) mass is 745 g/mol. The van der Waals surface area contributed by atoms with Gasteiger partial charge in [0.1, 0.15) is 0 Å². The fraction of sp³-hybridized carbons (Fsp3) is 0.756. The molecule has 53 heavy (non-hydrogen) atoms. The molecule has 8 heteroatoms. The second-order valence-corrected chi connectivity index (χ2v) is 22.5. The van der Waals surface area contributed by atoms with Gasteiger partial charge in [-0.3, -0.25) is 4.90 Å². The number of aromatic carboxylic acids is 1. The van der Waals surface area contributed by atoms with E-state index in [-0.39, 0.29) is 33.2 Å². The first kappa shape index (κ1) is 37.9. The molecule has 0 unspecified atom stereocenters. The number of piperazine rings is 1. The first-order valence-corrected chi connectivity index (χ1v) is 22.8. The molecule has 2 heterocycles. The van der Waals surface area contributed by atoms with Crippen LogP contribution in [0.4, 0.5) is 0 Å². The van der Waals surface area contributed by atoms with Gasteiger partial charge in [-0.2, -0.15) is 4.31 Å². The molecule has 11 atom stereocenters. The van der Waals surface area contributed by atoms with Gasteiger partial charge in [0.15, 0.2) is 0 Å². The van der Waals surface area contributed by atoms with Gasteiger partial charge in [-0.05, 0) is 152 Å². The molecule has 2 aliphatic heterocycles. The number of carbonyl (C=O) groups is 1. The van der Waals surface area contributed by atoms with Crippen molar-refractivity contribution in [2.24, 2.45) is 51.2 Å². The largest absolute Gasteiger partial charge is 0.478 e. The van der Waals surface area contributed by atoms with Gasteiger partial charge in [0.2, 0.25) is 10.0 Å². The Hall–Kier alpha value is -2.00. The SMILES string of the molecule is C=C(C)[C@@H]1CC[C@]2(NCCN3C[C@@H]4C[C@H]3CN4S(C)(=O)=O)CC[C@]3(C)[C@H](CC[C@@H]4[C@@]5(C)CC=C(c6ccc(C(=O)O)c(C)c6)C(C)(C)[C@@H]5CC[C@]43C)[C@@H]12. The maximum Gasteiger partial charge on any atom is 0.335 e. The van der Waals surface area contributed by atoms with Crippen molar-refractivity contribution in [3.8, 4) is 0 Å². The molecule has 7 nitrogen and oxygen atoms in total. The first-order valence-electron chi connectivity index (χ1n) is 20.9. The molecule has 292 valence electrons. The van der Waals surface area contributed by atoms with E-state index in [1.165, 1.54) is 74.3 Å². The summed E-state index contributed by atoms with van der Waals surface area (Å²) in [5.74, 6) is 2.27. The molecule has 0 aromatic heterocycles. The Kier molecular flexibility index (Phi) is 8.94. The smallest absolute Gasteiger partial charge is 0.335 e. The lowest BCUT2D eigenvalue weighted by molar-refractivity contribution is -0.219. The second-order valence-electron chi connectivity index (χ2n) is 20.5. The predicted octanol–water partition coefficient (Wildman–Crippen LogP) is 8.40. The number of nitrogens with one attached hydrogen (secondary N) is 1. The number of carboxylic acid groups (broad SMARTS) is 1. The lowest BCUT2D eigenvalue weighted by Gasteiger charge is -2.72.